The van der Waals surface area contributed by atoms with Gasteiger partial charge in [-0.25, -0.2) is 0 Å². The van der Waals surface area contributed by atoms with Crippen LogP contribution < -0.4 is 4.74 Å². The number of nitrogens with zero attached hydrogens (tertiary/aromatic N) is 1. The second-order valence-corrected chi connectivity index (χ2v) is 8.39. The summed E-state index contributed by atoms with van der Waals surface area (Å²) in [6, 6.07) is 16.7. The summed E-state index contributed by atoms with van der Waals surface area (Å²) in [5, 5.41) is 12.2. The summed E-state index contributed by atoms with van der Waals surface area (Å²) in [7, 11) is 1.69. The first-order valence-electron chi connectivity index (χ1n) is 9.94. The summed E-state index contributed by atoms with van der Waals surface area (Å²) >= 11 is 6.45. The Morgan fingerprint density at radius 1 is 1.11 bits per heavy atom. The Labute approximate surface area is 166 Å². The molecule has 2 aliphatic rings. The Bertz CT molecular complexity index is 778. The van der Waals surface area contributed by atoms with Gasteiger partial charge in [-0.3, -0.25) is 4.90 Å². The molecule has 3 nitrogen and oxygen atoms in total. The van der Waals surface area contributed by atoms with Crippen molar-refractivity contribution in [3.8, 4) is 5.75 Å². The van der Waals surface area contributed by atoms with Gasteiger partial charge in [0.1, 0.15) is 5.75 Å². The second-order valence-electron chi connectivity index (χ2n) is 7.99. The van der Waals surface area contributed by atoms with E-state index in [0.29, 0.717) is 0 Å². The van der Waals surface area contributed by atoms with Crippen LogP contribution in [-0.4, -0.2) is 29.3 Å². The van der Waals surface area contributed by atoms with Crippen molar-refractivity contribution in [1.82, 2.24) is 4.90 Å². The maximum absolute atomic E-state index is 11.4. The fourth-order valence-corrected chi connectivity index (χ4v) is 5.20. The summed E-state index contributed by atoms with van der Waals surface area (Å²) in [5.41, 5.74) is 1.87. The molecule has 0 spiro atoms. The SMILES string of the molecule is COc1ccc([C@H]2[C@@H]3CCCC[C@]3(O)CCN2Cc2ccccc2Cl)cc1. The van der Waals surface area contributed by atoms with Crippen LogP contribution in [0.4, 0.5) is 0 Å². The number of benzene rings is 2. The molecule has 0 bridgehead atoms. The molecule has 3 atom stereocenters. The zero-order valence-electron chi connectivity index (χ0n) is 15.9. The quantitative estimate of drug-likeness (QED) is 0.783. The third-order valence-electron chi connectivity index (χ3n) is 6.46. The molecular weight excluding hydrogens is 358 g/mol. The van der Waals surface area contributed by atoms with E-state index in [2.05, 4.69) is 23.1 Å². The normalized spacial score (nSPS) is 28.6. The molecule has 0 unspecified atom stereocenters. The predicted molar refractivity (Wildman–Crippen MR) is 109 cm³/mol. The summed E-state index contributed by atoms with van der Waals surface area (Å²) < 4.78 is 5.34. The van der Waals surface area contributed by atoms with Crippen molar-refractivity contribution in [3.05, 3.63) is 64.7 Å². The topological polar surface area (TPSA) is 32.7 Å². The van der Waals surface area contributed by atoms with Crippen LogP contribution in [0.5, 0.6) is 5.75 Å². The van der Waals surface area contributed by atoms with Crippen molar-refractivity contribution in [1.29, 1.82) is 0 Å². The average molecular weight is 386 g/mol. The van der Waals surface area contributed by atoms with E-state index in [1.54, 1.807) is 7.11 Å². The molecule has 1 aliphatic heterocycles. The van der Waals surface area contributed by atoms with Gasteiger partial charge in [0.25, 0.3) is 0 Å². The highest BCUT2D eigenvalue weighted by atomic mass is 35.5. The first-order valence-corrected chi connectivity index (χ1v) is 10.3. The second kappa shape index (κ2) is 7.83. The molecule has 1 N–H and O–H groups in total. The van der Waals surface area contributed by atoms with E-state index in [-0.39, 0.29) is 12.0 Å². The molecule has 2 fully saturated rings. The van der Waals surface area contributed by atoms with Crippen LogP contribution in [0.15, 0.2) is 48.5 Å². The minimum absolute atomic E-state index is 0.200. The van der Waals surface area contributed by atoms with Crippen LogP contribution in [0.3, 0.4) is 0 Å². The van der Waals surface area contributed by atoms with Gasteiger partial charge in [0.05, 0.1) is 12.7 Å². The van der Waals surface area contributed by atoms with Gasteiger partial charge in [-0.15, -0.1) is 0 Å². The third kappa shape index (κ3) is 3.73. The molecule has 1 heterocycles. The monoisotopic (exact) mass is 385 g/mol. The number of hydrogen-bond acceptors (Lipinski definition) is 3. The Kier molecular flexibility index (Phi) is 5.45. The molecule has 144 valence electrons. The van der Waals surface area contributed by atoms with Crippen molar-refractivity contribution in [2.24, 2.45) is 5.92 Å². The number of halogens is 1. The predicted octanol–water partition coefficient (Wildman–Crippen LogP) is 5.22. The van der Waals surface area contributed by atoms with E-state index in [0.717, 1.165) is 55.1 Å². The maximum atomic E-state index is 11.4. The Morgan fingerprint density at radius 2 is 1.89 bits per heavy atom. The molecule has 1 saturated carbocycles. The maximum Gasteiger partial charge on any atom is 0.118 e. The largest absolute Gasteiger partial charge is 0.497 e. The summed E-state index contributed by atoms with van der Waals surface area (Å²) in [6.45, 7) is 1.69. The van der Waals surface area contributed by atoms with Crippen molar-refractivity contribution in [3.63, 3.8) is 0 Å². The molecule has 0 aromatic heterocycles. The molecule has 4 rings (SSSR count). The highest BCUT2D eigenvalue weighted by molar-refractivity contribution is 6.31. The lowest BCUT2D eigenvalue weighted by molar-refractivity contribution is -0.126. The van der Waals surface area contributed by atoms with Gasteiger partial charge in [-0.1, -0.05) is 54.8 Å². The van der Waals surface area contributed by atoms with Gasteiger partial charge in [0, 0.05) is 30.1 Å². The molecule has 1 saturated heterocycles. The smallest absolute Gasteiger partial charge is 0.118 e. The number of likely N-dealkylation sites (tertiary alicyclic amines) is 1. The first kappa shape index (κ1) is 18.8. The molecule has 2 aromatic rings. The van der Waals surface area contributed by atoms with Crippen LogP contribution in [0, 0.1) is 5.92 Å². The Balaban J connectivity index is 1.69. The fourth-order valence-electron chi connectivity index (χ4n) is 5.01. The molecule has 2 aromatic carbocycles. The van der Waals surface area contributed by atoms with Crippen LogP contribution in [0.2, 0.25) is 5.02 Å². The fraction of sp³-hybridized carbons (Fsp3) is 0.478. The number of methoxy groups -OCH3 is 1. The zero-order chi connectivity index (χ0) is 18.9. The van der Waals surface area contributed by atoms with E-state index >= 15 is 0 Å². The molecule has 0 radical (unpaired) electrons. The van der Waals surface area contributed by atoms with E-state index < -0.39 is 5.60 Å². The van der Waals surface area contributed by atoms with Crippen LogP contribution in [0.25, 0.3) is 0 Å². The van der Waals surface area contributed by atoms with E-state index in [4.69, 9.17) is 16.3 Å². The van der Waals surface area contributed by atoms with Gasteiger partial charge in [0.2, 0.25) is 0 Å². The van der Waals surface area contributed by atoms with Crippen LogP contribution >= 0.6 is 11.6 Å². The van der Waals surface area contributed by atoms with Crippen molar-refractivity contribution in [2.45, 2.75) is 50.3 Å². The Hall–Kier alpha value is -1.55. The number of hydrogen-bond donors (Lipinski definition) is 1. The van der Waals surface area contributed by atoms with E-state index in [1.807, 2.05) is 30.3 Å². The average Bonchev–Trinajstić information content (AvgIpc) is 2.70. The van der Waals surface area contributed by atoms with Crippen LogP contribution in [0.1, 0.15) is 49.3 Å². The van der Waals surface area contributed by atoms with Gasteiger partial charge in [0.15, 0.2) is 0 Å². The summed E-state index contributed by atoms with van der Waals surface area (Å²) in [5.74, 6) is 1.13. The zero-order valence-corrected chi connectivity index (χ0v) is 16.7. The highest BCUT2D eigenvalue weighted by Gasteiger charge is 2.48. The minimum atomic E-state index is -0.542. The molecule has 4 heteroatoms. The van der Waals surface area contributed by atoms with Crippen molar-refractivity contribution in [2.75, 3.05) is 13.7 Å². The lowest BCUT2D eigenvalue weighted by Gasteiger charge is -2.53. The number of fused-ring (bicyclic) bond motifs is 1. The molecule has 0 amide bonds. The Morgan fingerprint density at radius 3 is 2.63 bits per heavy atom. The molecule has 1 aliphatic carbocycles. The number of ether oxygens (including phenoxy) is 1. The van der Waals surface area contributed by atoms with Crippen LogP contribution in [-0.2, 0) is 6.54 Å². The first-order chi connectivity index (χ1) is 13.1. The van der Waals surface area contributed by atoms with Gasteiger partial charge >= 0.3 is 0 Å². The van der Waals surface area contributed by atoms with Crippen molar-refractivity contribution >= 4 is 11.6 Å². The highest BCUT2D eigenvalue weighted by Crippen LogP contribution is 2.49. The van der Waals surface area contributed by atoms with E-state index in [1.165, 1.54) is 12.0 Å². The summed E-state index contributed by atoms with van der Waals surface area (Å²) in [6.07, 6.45) is 5.16. The minimum Gasteiger partial charge on any atom is -0.497 e. The molecule has 27 heavy (non-hydrogen) atoms. The van der Waals surface area contributed by atoms with Gasteiger partial charge in [-0.2, -0.15) is 0 Å². The number of rotatable bonds is 4. The van der Waals surface area contributed by atoms with Crippen molar-refractivity contribution < 1.29 is 9.84 Å². The number of piperidine rings is 1. The third-order valence-corrected chi connectivity index (χ3v) is 6.83. The standard InChI is InChI=1S/C23H28ClNO2/c1-27-19-11-9-17(10-12-19)22-20-7-4-5-13-23(20,26)14-15-25(22)16-18-6-2-3-8-21(18)24/h2-3,6,8-12,20,22,26H,4-5,7,13-16H2,1H3/t20-,22-,23-/m0/s1. The lowest BCUT2D eigenvalue weighted by Crippen LogP contribution is -2.54. The van der Waals surface area contributed by atoms with Gasteiger partial charge < -0.3 is 9.84 Å². The number of aliphatic hydroxyl groups is 1. The summed E-state index contributed by atoms with van der Waals surface area (Å²) in [4.78, 5) is 2.51. The molecular formula is C23H28ClNO2. The van der Waals surface area contributed by atoms with E-state index in [9.17, 15) is 5.11 Å². The lowest BCUT2D eigenvalue weighted by atomic mass is 9.66. The van der Waals surface area contributed by atoms with Gasteiger partial charge in [-0.05, 0) is 48.6 Å².